The molecule has 0 unspecified atom stereocenters. The van der Waals surface area contributed by atoms with Gasteiger partial charge in [0.25, 0.3) is 0 Å². The molecule has 2 fully saturated rings. The Morgan fingerprint density at radius 1 is 0.571 bits per heavy atom. The minimum atomic E-state index is 0.849. The second-order valence-electron chi connectivity index (χ2n) is 7.44. The lowest BCUT2D eigenvalue weighted by atomic mass is 9.71. The zero-order valence-corrected chi connectivity index (χ0v) is 13.6. The molecule has 1 aromatic rings. The molecule has 0 saturated heterocycles. The Hall–Kier alpha value is -0.780. The summed E-state index contributed by atoms with van der Waals surface area (Å²) in [6.07, 6.45) is 17.7. The zero-order chi connectivity index (χ0) is 14.3. The fourth-order valence-corrected chi connectivity index (χ4v) is 4.94. The van der Waals surface area contributed by atoms with E-state index in [0.717, 1.165) is 17.8 Å². The van der Waals surface area contributed by atoms with Crippen LogP contribution < -0.4 is 0 Å². The van der Waals surface area contributed by atoms with Gasteiger partial charge in [-0.25, -0.2) is 0 Å². The van der Waals surface area contributed by atoms with Crippen molar-refractivity contribution in [3.05, 3.63) is 35.9 Å². The van der Waals surface area contributed by atoms with Crippen LogP contribution in [0.3, 0.4) is 0 Å². The van der Waals surface area contributed by atoms with E-state index < -0.39 is 0 Å². The Bertz CT molecular complexity index is 358. The van der Waals surface area contributed by atoms with Crippen molar-refractivity contribution in [2.75, 3.05) is 0 Å². The minimum Gasteiger partial charge on any atom is -0.0622 e. The van der Waals surface area contributed by atoms with Crippen LogP contribution in [0.4, 0.5) is 0 Å². The van der Waals surface area contributed by atoms with Crippen LogP contribution in [-0.2, 0) is 0 Å². The molecule has 116 valence electrons. The Morgan fingerprint density at radius 3 is 1.43 bits per heavy atom. The first-order valence-electron chi connectivity index (χ1n) is 9.50. The predicted octanol–water partition coefficient (Wildman–Crippen LogP) is 6.71. The van der Waals surface area contributed by atoms with Gasteiger partial charge in [0, 0.05) is 0 Å². The lowest BCUT2D eigenvalue weighted by molar-refractivity contribution is 0.259. The quantitative estimate of drug-likeness (QED) is 0.541. The molecule has 0 bridgehead atoms. The summed E-state index contributed by atoms with van der Waals surface area (Å²) >= 11 is 0. The molecule has 2 saturated carbocycles. The Balaban J connectivity index is 1.82. The topological polar surface area (TPSA) is 0 Å². The van der Waals surface area contributed by atoms with Crippen molar-refractivity contribution >= 4 is 0 Å². The maximum absolute atomic E-state index is 2.42. The summed E-state index contributed by atoms with van der Waals surface area (Å²) in [5.74, 6) is 2.76. The van der Waals surface area contributed by atoms with Gasteiger partial charge in [0.05, 0.1) is 0 Å². The minimum absolute atomic E-state index is 0.849. The third-order valence-corrected chi connectivity index (χ3v) is 6.00. The molecule has 0 nitrogen and oxygen atoms in total. The van der Waals surface area contributed by atoms with Gasteiger partial charge >= 0.3 is 0 Å². The molecular weight excluding hydrogens is 252 g/mol. The summed E-state index contributed by atoms with van der Waals surface area (Å²) in [5, 5.41) is 0. The van der Waals surface area contributed by atoms with Crippen LogP contribution in [-0.4, -0.2) is 0 Å². The van der Waals surface area contributed by atoms with Crippen molar-refractivity contribution in [2.45, 2.75) is 83.0 Å². The van der Waals surface area contributed by atoms with Crippen LogP contribution >= 0.6 is 0 Å². The van der Waals surface area contributed by atoms with E-state index in [-0.39, 0.29) is 0 Å². The number of benzene rings is 1. The molecule has 0 N–H and O–H groups in total. The molecule has 0 spiro atoms. The van der Waals surface area contributed by atoms with Gasteiger partial charge in [-0.2, -0.15) is 0 Å². The highest BCUT2D eigenvalue weighted by atomic mass is 14.4. The van der Waals surface area contributed by atoms with Gasteiger partial charge in [-0.15, -0.1) is 0 Å². The van der Waals surface area contributed by atoms with Crippen molar-refractivity contribution in [3.8, 4) is 0 Å². The van der Waals surface area contributed by atoms with Crippen molar-refractivity contribution < 1.29 is 0 Å². The molecule has 3 rings (SSSR count). The van der Waals surface area contributed by atoms with E-state index in [4.69, 9.17) is 0 Å². The average Bonchev–Trinajstić information content (AvgIpc) is 2.94. The first-order valence-corrected chi connectivity index (χ1v) is 9.50. The third kappa shape index (κ3) is 4.11. The van der Waals surface area contributed by atoms with Gasteiger partial charge in [-0.3, -0.25) is 0 Å². The molecule has 0 aromatic heterocycles. The lowest BCUT2D eigenvalue weighted by Gasteiger charge is -2.34. The van der Waals surface area contributed by atoms with E-state index in [1.807, 2.05) is 0 Å². The van der Waals surface area contributed by atoms with Gasteiger partial charge in [-0.1, -0.05) is 81.7 Å². The van der Waals surface area contributed by atoms with Crippen molar-refractivity contribution in [1.29, 1.82) is 0 Å². The second kappa shape index (κ2) is 8.01. The van der Waals surface area contributed by atoms with Gasteiger partial charge in [0.2, 0.25) is 0 Å². The van der Waals surface area contributed by atoms with Crippen LogP contribution in [0.25, 0.3) is 0 Å². The molecule has 0 amide bonds. The van der Waals surface area contributed by atoms with Crippen LogP contribution in [0.5, 0.6) is 0 Å². The first kappa shape index (κ1) is 15.1. The van der Waals surface area contributed by atoms with E-state index in [2.05, 4.69) is 30.3 Å². The standard InChI is InChI=1S/C21H32/c1-2-7-13-18(12-6-1)21(20-16-10-5-11-17-20)19-14-8-3-4-9-15-19/h5,10-11,16-19,21H,1-4,6-9,12-15H2. The van der Waals surface area contributed by atoms with Gasteiger partial charge in [-0.05, 0) is 49.0 Å². The summed E-state index contributed by atoms with van der Waals surface area (Å²) in [4.78, 5) is 0. The molecule has 0 radical (unpaired) electrons. The highest BCUT2D eigenvalue weighted by Crippen LogP contribution is 2.44. The van der Waals surface area contributed by atoms with Crippen molar-refractivity contribution in [3.63, 3.8) is 0 Å². The Morgan fingerprint density at radius 2 is 1.00 bits per heavy atom. The third-order valence-electron chi connectivity index (χ3n) is 6.00. The van der Waals surface area contributed by atoms with E-state index in [1.165, 1.54) is 77.0 Å². The lowest BCUT2D eigenvalue weighted by Crippen LogP contribution is -2.21. The molecule has 0 heteroatoms. The predicted molar refractivity (Wildman–Crippen MR) is 91.6 cm³/mol. The fourth-order valence-electron chi connectivity index (χ4n) is 4.94. The maximum Gasteiger partial charge on any atom is -0.0105 e. The van der Waals surface area contributed by atoms with E-state index >= 15 is 0 Å². The molecule has 21 heavy (non-hydrogen) atoms. The van der Waals surface area contributed by atoms with E-state index in [0.29, 0.717) is 0 Å². The van der Waals surface area contributed by atoms with Gasteiger partial charge < -0.3 is 0 Å². The molecule has 0 aliphatic heterocycles. The molecule has 0 atom stereocenters. The summed E-state index contributed by atoms with van der Waals surface area (Å²) in [7, 11) is 0. The van der Waals surface area contributed by atoms with Crippen molar-refractivity contribution in [2.24, 2.45) is 11.8 Å². The summed E-state index contributed by atoms with van der Waals surface area (Å²) in [5.41, 5.74) is 1.65. The van der Waals surface area contributed by atoms with Crippen LogP contribution in [0.15, 0.2) is 30.3 Å². The summed E-state index contributed by atoms with van der Waals surface area (Å²) in [6.45, 7) is 0. The normalized spacial score (nSPS) is 22.9. The fraction of sp³-hybridized carbons (Fsp3) is 0.714. The smallest absolute Gasteiger partial charge is 0.0105 e. The average molecular weight is 284 g/mol. The number of hydrogen-bond acceptors (Lipinski definition) is 0. The Kier molecular flexibility index (Phi) is 5.77. The van der Waals surface area contributed by atoms with Gasteiger partial charge in [0.1, 0.15) is 0 Å². The van der Waals surface area contributed by atoms with Crippen LogP contribution in [0.2, 0.25) is 0 Å². The number of rotatable bonds is 3. The monoisotopic (exact) mass is 284 g/mol. The highest BCUT2D eigenvalue weighted by molar-refractivity contribution is 5.21. The Labute approximate surface area is 131 Å². The molecule has 1 aromatic carbocycles. The van der Waals surface area contributed by atoms with Crippen LogP contribution in [0.1, 0.15) is 88.5 Å². The largest absolute Gasteiger partial charge is 0.0622 e. The SMILES string of the molecule is c1ccc(C(C2CCCCCC2)C2CCCCCC2)cc1. The molecule has 0 heterocycles. The summed E-state index contributed by atoms with van der Waals surface area (Å²) < 4.78 is 0. The number of hydrogen-bond donors (Lipinski definition) is 0. The summed E-state index contributed by atoms with van der Waals surface area (Å²) in [6, 6.07) is 11.5. The molecular formula is C21H32. The van der Waals surface area contributed by atoms with Crippen molar-refractivity contribution in [1.82, 2.24) is 0 Å². The molecule has 2 aliphatic carbocycles. The molecule has 2 aliphatic rings. The first-order chi connectivity index (χ1) is 10.4. The highest BCUT2D eigenvalue weighted by Gasteiger charge is 2.31. The van der Waals surface area contributed by atoms with E-state index in [9.17, 15) is 0 Å². The van der Waals surface area contributed by atoms with Crippen LogP contribution in [0, 0.1) is 11.8 Å². The second-order valence-corrected chi connectivity index (χ2v) is 7.44. The van der Waals surface area contributed by atoms with Gasteiger partial charge in [0.15, 0.2) is 0 Å². The maximum atomic E-state index is 2.42. The van der Waals surface area contributed by atoms with E-state index in [1.54, 1.807) is 5.56 Å². The zero-order valence-electron chi connectivity index (χ0n) is 13.6.